The molecule has 0 aliphatic rings. The van der Waals surface area contributed by atoms with Crippen molar-refractivity contribution in [1.82, 2.24) is 15.0 Å². The lowest BCUT2D eigenvalue weighted by molar-refractivity contribution is 0.411. The van der Waals surface area contributed by atoms with Crippen LogP contribution in [0, 0.1) is 18.3 Å². The molecule has 3 aromatic rings. The average Bonchev–Trinajstić information content (AvgIpc) is 3.15. The third-order valence-electron chi connectivity index (χ3n) is 3.09. The number of nitrogens with zero attached hydrogens (tertiary/aromatic N) is 4. The predicted octanol–water partition coefficient (Wildman–Crippen LogP) is 3.18. The van der Waals surface area contributed by atoms with Crippen molar-refractivity contribution >= 4 is 11.3 Å². The molecule has 0 saturated heterocycles. The summed E-state index contributed by atoms with van der Waals surface area (Å²) in [5.74, 6) is 0.688. The minimum absolute atomic E-state index is 0.306. The highest BCUT2D eigenvalue weighted by Gasteiger charge is 2.19. The number of nitriles is 1. The molecule has 2 aromatic heterocycles. The van der Waals surface area contributed by atoms with Crippen molar-refractivity contribution in [2.75, 3.05) is 7.11 Å². The quantitative estimate of drug-likeness (QED) is 0.744. The van der Waals surface area contributed by atoms with Gasteiger partial charge in [-0.15, -0.1) is 16.4 Å². The maximum absolute atomic E-state index is 9.27. The van der Waals surface area contributed by atoms with Crippen LogP contribution < -0.4 is 4.74 Å². The molecule has 0 N–H and O–H groups in total. The molecule has 6 heteroatoms. The Hall–Kier alpha value is -2.65. The highest BCUT2D eigenvalue weighted by Crippen LogP contribution is 2.32. The Morgan fingerprint density at radius 2 is 2.19 bits per heavy atom. The topological polar surface area (TPSA) is 63.7 Å². The Morgan fingerprint density at radius 3 is 2.86 bits per heavy atom. The third-order valence-corrected chi connectivity index (χ3v) is 3.97. The van der Waals surface area contributed by atoms with Crippen LogP contribution in [-0.4, -0.2) is 22.1 Å². The summed E-state index contributed by atoms with van der Waals surface area (Å²) in [5, 5.41) is 19.3. The third kappa shape index (κ3) is 2.28. The van der Waals surface area contributed by atoms with Crippen LogP contribution in [0.25, 0.3) is 16.3 Å². The Balaban J connectivity index is 2.28. The number of hydrogen-bond donors (Lipinski definition) is 0. The van der Waals surface area contributed by atoms with Gasteiger partial charge in [0.05, 0.1) is 12.0 Å². The number of rotatable bonds is 3. The van der Waals surface area contributed by atoms with E-state index in [9.17, 15) is 5.26 Å². The summed E-state index contributed by atoms with van der Waals surface area (Å²) < 4.78 is 7.06. The van der Waals surface area contributed by atoms with Gasteiger partial charge in [0.15, 0.2) is 5.69 Å². The van der Waals surface area contributed by atoms with Gasteiger partial charge in [-0.3, -0.25) is 0 Å². The van der Waals surface area contributed by atoms with Gasteiger partial charge in [-0.2, -0.15) is 5.26 Å². The van der Waals surface area contributed by atoms with Crippen LogP contribution >= 0.6 is 11.3 Å². The van der Waals surface area contributed by atoms with Crippen LogP contribution in [0.5, 0.6) is 5.75 Å². The zero-order chi connectivity index (χ0) is 14.8. The normalized spacial score (nSPS) is 10.3. The molecule has 0 saturated carbocycles. The monoisotopic (exact) mass is 296 g/mol. The van der Waals surface area contributed by atoms with Crippen molar-refractivity contribution in [2.24, 2.45) is 0 Å². The van der Waals surface area contributed by atoms with Gasteiger partial charge in [-0.1, -0.05) is 17.3 Å². The molecule has 0 bridgehead atoms. The van der Waals surface area contributed by atoms with Crippen LogP contribution in [0.15, 0.2) is 35.7 Å². The van der Waals surface area contributed by atoms with Gasteiger partial charge in [0, 0.05) is 0 Å². The van der Waals surface area contributed by atoms with Gasteiger partial charge in [0.2, 0.25) is 0 Å². The van der Waals surface area contributed by atoms with E-state index in [2.05, 4.69) is 16.4 Å². The van der Waals surface area contributed by atoms with E-state index >= 15 is 0 Å². The second-order valence-electron chi connectivity index (χ2n) is 4.46. The first-order valence-electron chi connectivity index (χ1n) is 6.29. The Morgan fingerprint density at radius 1 is 1.33 bits per heavy atom. The predicted molar refractivity (Wildman–Crippen MR) is 80.7 cm³/mol. The van der Waals surface area contributed by atoms with E-state index in [1.807, 2.05) is 42.6 Å². The Kier molecular flexibility index (Phi) is 3.42. The van der Waals surface area contributed by atoms with Crippen molar-refractivity contribution in [1.29, 1.82) is 5.26 Å². The number of aromatic nitrogens is 3. The second kappa shape index (κ2) is 5.38. The number of thiophene rings is 1. The first kappa shape index (κ1) is 13.3. The van der Waals surface area contributed by atoms with Gasteiger partial charge in [0.1, 0.15) is 23.2 Å². The van der Waals surface area contributed by atoms with E-state index in [1.165, 1.54) is 0 Å². The van der Waals surface area contributed by atoms with Crippen molar-refractivity contribution < 1.29 is 4.74 Å². The van der Waals surface area contributed by atoms with Crippen molar-refractivity contribution in [2.45, 2.75) is 6.92 Å². The molecule has 1 aromatic carbocycles. The maximum atomic E-state index is 9.27. The molecule has 0 radical (unpaired) electrons. The summed E-state index contributed by atoms with van der Waals surface area (Å²) in [6, 6.07) is 11.8. The van der Waals surface area contributed by atoms with Gasteiger partial charge in [0.25, 0.3) is 0 Å². The lowest BCUT2D eigenvalue weighted by Gasteiger charge is -2.11. The highest BCUT2D eigenvalue weighted by atomic mass is 32.1. The van der Waals surface area contributed by atoms with E-state index in [4.69, 9.17) is 4.74 Å². The summed E-state index contributed by atoms with van der Waals surface area (Å²) in [7, 11) is 1.61. The molecular formula is C15H12N4OS. The van der Waals surface area contributed by atoms with E-state index in [0.29, 0.717) is 17.1 Å². The number of benzene rings is 1. The molecular weight excluding hydrogens is 284 g/mol. The summed E-state index contributed by atoms with van der Waals surface area (Å²) in [4.78, 5) is 0.945. The fourth-order valence-electron chi connectivity index (χ4n) is 2.13. The number of methoxy groups -OCH3 is 1. The van der Waals surface area contributed by atoms with Crippen LogP contribution in [0.2, 0.25) is 0 Å². The first-order valence-corrected chi connectivity index (χ1v) is 7.17. The molecule has 21 heavy (non-hydrogen) atoms. The highest BCUT2D eigenvalue weighted by molar-refractivity contribution is 7.13. The van der Waals surface area contributed by atoms with Gasteiger partial charge < -0.3 is 4.74 Å². The fraction of sp³-hybridized carbons (Fsp3) is 0.133. The summed E-state index contributed by atoms with van der Waals surface area (Å²) in [6.07, 6.45) is 0. The van der Waals surface area contributed by atoms with Crippen molar-refractivity contribution in [3.8, 4) is 28.1 Å². The van der Waals surface area contributed by atoms with Crippen molar-refractivity contribution in [3.05, 3.63) is 47.0 Å². The molecule has 0 aliphatic heterocycles. The molecule has 104 valence electrons. The largest absolute Gasteiger partial charge is 0.494 e. The summed E-state index contributed by atoms with van der Waals surface area (Å²) in [5.41, 5.74) is 2.85. The number of aryl methyl sites for hydroxylation is 1. The zero-order valence-corrected chi connectivity index (χ0v) is 12.4. The lowest BCUT2D eigenvalue weighted by atomic mass is 10.2. The van der Waals surface area contributed by atoms with Crippen LogP contribution in [0.1, 0.15) is 11.3 Å². The number of hydrogen-bond acceptors (Lipinski definition) is 5. The zero-order valence-electron chi connectivity index (χ0n) is 11.6. The first-order chi connectivity index (χ1) is 10.2. The Bertz CT molecular complexity index is 815. The van der Waals surface area contributed by atoms with Gasteiger partial charge in [-0.05, 0) is 36.1 Å². The average molecular weight is 296 g/mol. The molecule has 0 amide bonds. The summed E-state index contributed by atoms with van der Waals surface area (Å²) >= 11 is 1.54. The molecule has 0 fully saturated rings. The summed E-state index contributed by atoms with van der Waals surface area (Å²) in [6.45, 7) is 2.00. The molecule has 0 aliphatic carbocycles. The van der Waals surface area contributed by atoms with Gasteiger partial charge in [-0.25, -0.2) is 4.68 Å². The SMILES string of the molecule is COc1ccc(C)cc1-n1nnc(C#N)c1-c1cccs1. The maximum Gasteiger partial charge on any atom is 0.191 e. The van der Waals surface area contributed by atoms with E-state index < -0.39 is 0 Å². The standard InChI is InChI=1S/C15H12N4OS/c1-10-5-6-13(20-2)12(8-10)19-15(11(9-16)17-18-19)14-4-3-7-21-14/h3-8H,1-2H3. The minimum atomic E-state index is 0.306. The van der Waals surface area contributed by atoms with E-state index in [0.717, 1.165) is 16.1 Å². The molecule has 0 unspecified atom stereocenters. The van der Waals surface area contributed by atoms with E-state index in [-0.39, 0.29) is 0 Å². The fourth-order valence-corrected chi connectivity index (χ4v) is 2.88. The molecule has 5 nitrogen and oxygen atoms in total. The number of ether oxygens (including phenoxy) is 1. The lowest BCUT2D eigenvalue weighted by Crippen LogP contribution is -2.02. The Labute approximate surface area is 126 Å². The second-order valence-corrected chi connectivity index (χ2v) is 5.41. The van der Waals surface area contributed by atoms with E-state index in [1.54, 1.807) is 23.1 Å². The van der Waals surface area contributed by atoms with Gasteiger partial charge >= 0.3 is 0 Å². The molecule has 0 atom stereocenters. The minimum Gasteiger partial charge on any atom is -0.494 e. The van der Waals surface area contributed by atoms with Crippen molar-refractivity contribution in [3.63, 3.8) is 0 Å². The molecule has 2 heterocycles. The molecule has 3 rings (SSSR count). The smallest absolute Gasteiger partial charge is 0.191 e. The van der Waals surface area contributed by atoms with Crippen LogP contribution in [-0.2, 0) is 0 Å². The van der Waals surface area contributed by atoms with Crippen LogP contribution in [0.4, 0.5) is 0 Å². The van der Waals surface area contributed by atoms with Crippen LogP contribution in [0.3, 0.4) is 0 Å². The molecule has 0 spiro atoms.